The molecule has 1 aromatic heterocycles. The summed E-state index contributed by atoms with van der Waals surface area (Å²) in [4.78, 5) is 11.5. The highest BCUT2D eigenvalue weighted by Crippen LogP contribution is 2.36. The van der Waals surface area contributed by atoms with Crippen LogP contribution in [0.25, 0.3) is 11.3 Å². The topological polar surface area (TPSA) is 87.3 Å². The van der Waals surface area contributed by atoms with Crippen molar-refractivity contribution in [2.45, 2.75) is 13.1 Å². The second kappa shape index (κ2) is 8.35. The second-order valence-electron chi connectivity index (χ2n) is 8.06. The maximum Gasteiger partial charge on any atom is 0.148 e. The highest BCUT2D eigenvalue weighted by Gasteiger charge is 2.26. The van der Waals surface area contributed by atoms with Gasteiger partial charge >= 0.3 is 0 Å². The van der Waals surface area contributed by atoms with Gasteiger partial charge in [-0.2, -0.15) is 0 Å². The van der Waals surface area contributed by atoms with E-state index in [0.717, 1.165) is 51.0 Å². The van der Waals surface area contributed by atoms with Crippen LogP contribution in [0.5, 0.6) is 0 Å². The minimum absolute atomic E-state index is 0.0937. The molecule has 7 nitrogen and oxygen atoms in total. The van der Waals surface area contributed by atoms with Crippen molar-refractivity contribution in [3.05, 3.63) is 71.0 Å². The average Bonchev–Trinajstić information content (AvgIpc) is 3.28. The first-order chi connectivity index (χ1) is 15.9. The zero-order valence-electron chi connectivity index (χ0n) is 18.1. The largest absolute Gasteiger partial charge is 0.460 e. The molecule has 5 rings (SSSR count). The van der Waals surface area contributed by atoms with Gasteiger partial charge in [0.1, 0.15) is 27.2 Å². The molecule has 0 saturated carbocycles. The summed E-state index contributed by atoms with van der Waals surface area (Å²) < 4.78 is 28.5. The lowest BCUT2D eigenvalue weighted by molar-refractivity contribution is 0.497. The van der Waals surface area contributed by atoms with Gasteiger partial charge in [-0.05, 0) is 42.5 Å². The molecule has 8 heteroatoms. The van der Waals surface area contributed by atoms with Crippen LogP contribution in [0, 0.1) is 12.3 Å². The predicted molar refractivity (Wildman–Crippen MR) is 130 cm³/mol. The fraction of sp³-hybridized carbons (Fsp3) is 0.200. The number of amidine groups is 1. The molecule has 0 atom stereocenters. The van der Waals surface area contributed by atoms with Crippen molar-refractivity contribution >= 4 is 33.4 Å². The highest BCUT2D eigenvalue weighted by atomic mass is 32.2. The number of fused-ring (bicyclic) bond motifs is 4. The SMILES string of the molecule is C#Cc1cccc2c1CN1C=Nc3ccc(-c4ccc(CNCCS(C)(=O)=O)o4)cc3C1=N2. The van der Waals surface area contributed by atoms with Crippen LogP contribution in [-0.2, 0) is 22.9 Å². The van der Waals surface area contributed by atoms with E-state index in [0.29, 0.717) is 19.6 Å². The number of terminal acetylenes is 1. The minimum Gasteiger partial charge on any atom is -0.460 e. The van der Waals surface area contributed by atoms with Crippen LogP contribution in [0.3, 0.4) is 0 Å². The van der Waals surface area contributed by atoms with Crippen LogP contribution in [0.4, 0.5) is 11.4 Å². The molecule has 3 heterocycles. The lowest BCUT2D eigenvalue weighted by Gasteiger charge is -2.31. The summed E-state index contributed by atoms with van der Waals surface area (Å²) in [5, 5.41) is 3.10. The Kier molecular flexibility index (Phi) is 5.36. The Bertz CT molecular complexity index is 1440. The van der Waals surface area contributed by atoms with E-state index in [-0.39, 0.29) is 5.75 Å². The van der Waals surface area contributed by atoms with Crippen molar-refractivity contribution in [2.24, 2.45) is 9.98 Å². The van der Waals surface area contributed by atoms with Crippen molar-refractivity contribution in [1.82, 2.24) is 10.2 Å². The van der Waals surface area contributed by atoms with Gasteiger partial charge in [0.15, 0.2) is 0 Å². The molecule has 2 aromatic carbocycles. The lowest BCUT2D eigenvalue weighted by atomic mass is 10.00. The molecule has 1 N–H and O–H groups in total. The van der Waals surface area contributed by atoms with E-state index in [2.05, 4.69) is 16.2 Å². The number of furan rings is 1. The number of nitrogens with zero attached hydrogens (tertiary/aromatic N) is 3. The quantitative estimate of drug-likeness (QED) is 0.450. The van der Waals surface area contributed by atoms with Crippen molar-refractivity contribution in [3.63, 3.8) is 0 Å². The van der Waals surface area contributed by atoms with Crippen molar-refractivity contribution in [3.8, 4) is 23.7 Å². The molecular weight excluding hydrogens is 436 g/mol. The number of aliphatic imine (C=N–C) groups is 2. The molecular formula is C25H22N4O3S. The van der Waals surface area contributed by atoms with Crippen LogP contribution >= 0.6 is 0 Å². The van der Waals surface area contributed by atoms with E-state index >= 15 is 0 Å². The van der Waals surface area contributed by atoms with Gasteiger partial charge in [-0.3, -0.25) is 0 Å². The number of rotatable bonds is 6. The van der Waals surface area contributed by atoms with Crippen LogP contribution in [-0.4, -0.2) is 44.0 Å². The molecule has 3 aromatic rings. The van der Waals surface area contributed by atoms with Crippen molar-refractivity contribution in [2.75, 3.05) is 18.6 Å². The Morgan fingerprint density at radius 1 is 1.18 bits per heavy atom. The van der Waals surface area contributed by atoms with Gasteiger partial charge in [-0.1, -0.05) is 12.0 Å². The monoisotopic (exact) mass is 458 g/mol. The smallest absolute Gasteiger partial charge is 0.148 e. The minimum atomic E-state index is -2.99. The fourth-order valence-corrected chi connectivity index (χ4v) is 4.44. The number of sulfone groups is 1. The third kappa shape index (κ3) is 4.33. The van der Waals surface area contributed by atoms with E-state index < -0.39 is 9.84 Å². The molecule has 0 saturated heterocycles. The maximum atomic E-state index is 11.3. The molecule has 0 bridgehead atoms. The Labute approximate surface area is 192 Å². The third-order valence-electron chi connectivity index (χ3n) is 5.60. The summed E-state index contributed by atoms with van der Waals surface area (Å²) in [6.07, 6.45) is 8.69. The summed E-state index contributed by atoms with van der Waals surface area (Å²) in [6.45, 7) is 1.45. The Balaban J connectivity index is 1.41. The van der Waals surface area contributed by atoms with Crippen LogP contribution in [0.15, 0.2) is 62.9 Å². The van der Waals surface area contributed by atoms with E-state index in [9.17, 15) is 8.42 Å². The molecule has 0 radical (unpaired) electrons. The number of hydrogen-bond acceptors (Lipinski definition) is 7. The number of hydrogen-bond donors (Lipinski definition) is 1. The molecule has 0 aliphatic carbocycles. The van der Waals surface area contributed by atoms with Crippen molar-refractivity contribution in [1.29, 1.82) is 0 Å². The third-order valence-corrected chi connectivity index (χ3v) is 6.55. The Hall–Kier alpha value is -3.67. The molecule has 0 fully saturated rings. The van der Waals surface area contributed by atoms with E-state index in [1.165, 1.54) is 6.26 Å². The van der Waals surface area contributed by atoms with Crippen LogP contribution in [0.2, 0.25) is 0 Å². The molecule has 2 aliphatic heterocycles. The van der Waals surface area contributed by atoms with E-state index in [4.69, 9.17) is 15.8 Å². The maximum absolute atomic E-state index is 11.3. The summed E-state index contributed by atoms with van der Waals surface area (Å²) >= 11 is 0. The summed E-state index contributed by atoms with van der Waals surface area (Å²) in [7, 11) is -2.99. The highest BCUT2D eigenvalue weighted by molar-refractivity contribution is 7.90. The molecule has 2 aliphatic rings. The first kappa shape index (κ1) is 21.2. The normalized spacial score (nSPS) is 14.2. The molecule has 0 amide bonds. The van der Waals surface area contributed by atoms with E-state index in [1.54, 1.807) is 6.34 Å². The predicted octanol–water partition coefficient (Wildman–Crippen LogP) is 3.63. The van der Waals surface area contributed by atoms with Gasteiger partial charge in [0, 0.05) is 35.1 Å². The lowest BCUT2D eigenvalue weighted by Crippen LogP contribution is -2.34. The van der Waals surface area contributed by atoms with Gasteiger partial charge < -0.3 is 14.6 Å². The van der Waals surface area contributed by atoms with Gasteiger partial charge in [0.05, 0.1) is 36.6 Å². The molecule has 0 unspecified atom stereocenters. The van der Waals surface area contributed by atoms with E-state index in [1.807, 2.05) is 53.4 Å². The zero-order valence-corrected chi connectivity index (χ0v) is 18.9. The first-order valence-corrected chi connectivity index (χ1v) is 12.6. The average molecular weight is 459 g/mol. The zero-order chi connectivity index (χ0) is 23.0. The summed E-state index contributed by atoms with van der Waals surface area (Å²) in [5.41, 5.74) is 5.43. The van der Waals surface area contributed by atoms with Gasteiger partial charge in [0.2, 0.25) is 0 Å². The Morgan fingerprint density at radius 2 is 2.06 bits per heavy atom. The van der Waals surface area contributed by atoms with Gasteiger partial charge in [-0.15, -0.1) is 6.42 Å². The number of benzene rings is 2. The summed E-state index contributed by atoms with van der Waals surface area (Å²) in [6, 6.07) is 15.6. The molecule has 33 heavy (non-hydrogen) atoms. The van der Waals surface area contributed by atoms with Crippen LogP contribution in [0.1, 0.15) is 22.5 Å². The second-order valence-corrected chi connectivity index (χ2v) is 10.3. The Morgan fingerprint density at radius 3 is 2.88 bits per heavy atom. The van der Waals surface area contributed by atoms with Gasteiger partial charge in [-0.25, -0.2) is 18.4 Å². The summed E-state index contributed by atoms with van der Waals surface area (Å²) in [5.74, 6) is 5.13. The van der Waals surface area contributed by atoms with Crippen molar-refractivity contribution < 1.29 is 12.8 Å². The number of nitrogens with one attached hydrogen (secondary N) is 1. The standard InChI is InChI=1S/C25H22N4O3S/c1-3-17-5-4-6-23-21(17)15-29-16-27-22-9-7-18(13-20(22)25(29)28-23)24-10-8-19(32-24)14-26-11-12-33(2,30)31/h1,4-10,13,16,26H,11-12,14-15H2,2H3. The first-order valence-electron chi connectivity index (χ1n) is 10.5. The van der Waals surface area contributed by atoms with Gasteiger partial charge in [0.25, 0.3) is 0 Å². The fourth-order valence-electron chi connectivity index (χ4n) is 3.92. The molecule has 0 spiro atoms. The van der Waals surface area contributed by atoms with Crippen LogP contribution < -0.4 is 5.32 Å². The molecule has 166 valence electrons.